The van der Waals surface area contributed by atoms with Gasteiger partial charge in [0.05, 0.1) is 14.3 Å². The van der Waals surface area contributed by atoms with E-state index in [1.54, 1.807) is 6.07 Å². The van der Waals surface area contributed by atoms with Gasteiger partial charge in [-0.3, -0.25) is 4.79 Å². The molecular formula is C14H19Br2NO2S. The maximum atomic E-state index is 12.1. The predicted molar refractivity (Wildman–Crippen MR) is 89.3 cm³/mol. The Morgan fingerprint density at radius 1 is 1.50 bits per heavy atom. The van der Waals surface area contributed by atoms with E-state index in [1.165, 1.54) is 17.8 Å². The number of nitrogens with one attached hydrogen (secondary N) is 1. The van der Waals surface area contributed by atoms with E-state index in [-0.39, 0.29) is 5.91 Å². The fourth-order valence-corrected chi connectivity index (χ4v) is 4.54. The van der Waals surface area contributed by atoms with E-state index in [4.69, 9.17) is 0 Å². The van der Waals surface area contributed by atoms with Crippen molar-refractivity contribution in [1.29, 1.82) is 0 Å². The minimum Gasteiger partial charge on any atom is -0.388 e. The van der Waals surface area contributed by atoms with Crippen LogP contribution in [0.25, 0.3) is 0 Å². The van der Waals surface area contributed by atoms with Crippen LogP contribution in [-0.2, 0) is 0 Å². The maximum Gasteiger partial charge on any atom is 0.261 e. The standard InChI is InChI=1S/C14H19Br2NO2S/c1-2-9-3-5-14(19,6-4-9)8-17-13(18)11-7-10(15)12(16)20-11/h7,9,19H,2-6,8H2,1H3,(H,17,18). The van der Waals surface area contributed by atoms with Gasteiger partial charge in [0, 0.05) is 11.0 Å². The third-order valence-corrected chi connectivity index (χ3v) is 7.32. The highest BCUT2D eigenvalue weighted by molar-refractivity contribution is 9.13. The van der Waals surface area contributed by atoms with Gasteiger partial charge in [-0.25, -0.2) is 0 Å². The fraction of sp³-hybridized carbons (Fsp3) is 0.643. The lowest BCUT2D eigenvalue weighted by atomic mass is 9.78. The van der Waals surface area contributed by atoms with Crippen molar-refractivity contribution in [2.45, 2.75) is 44.6 Å². The SMILES string of the molecule is CCC1CCC(O)(CNC(=O)c2cc(Br)c(Br)s2)CC1. The lowest BCUT2D eigenvalue weighted by Gasteiger charge is -2.35. The van der Waals surface area contributed by atoms with Crippen molar-refractivity contribution in [1.82, 2.24) is 5.32 Å². The summed E-state index contributed by atoms with van der Waals surface area (Å²) < 4.78 is 1.79. The Morgan fingerprint density at radius 2 is 2.15 bits per heavy atom. The second-order valence-corrected chi connectivity index (χ2v) is 8.72. The molecule has 1 aliphatic rings. The molecule has 20 heavy (non-hydrogen) atoms. The van der Waals surface area contributed by atoms with Crippen LogP contribution in [0.15, 0.2) is 14.3 Å². The van der Waals surface area contributed by atoms with Crippen LogP contribution in [0.2, 0.25) is 0 Å². The average Bonchev–Trinajstić information content (AvgIpc) is 2.77. The first-order valence-corrected chi connectivity index (χ1v) is 9.29. The second-order valence-electron chi connectivity index (χ2n) is 5.49. The van der Waals surface area contributed by atoms with E-state index < -0.39 is 5.60 Å². The molecule has 1 aromatic heterocycles. The molecule has 0 aliphatic heterocycles. The van der Waals surface area contributed by atoms with Gasteiger partial charge in [-0.15, -0.1) is 11.3 Å². The van der Waals surface area contributed by atoms with Gasteiger partial charge in [0.25, 0.3) is 5.91 Å². The van der Waals surface area contributed by atoms with Crippen molar-refractivity contribution >= 4 is 49.1 Å². The molecule has 1 amide bonds. The maximum absolute atomic E-state index is 12.1. The summed E-state index contributed by atoms with van der Waals surface area (Å²) in [4.78, 5) is 12.7. The minimum absolute atomic E-state index is 0.118. The molecule has 1 heterocycles. The third-order valence-electron chi connectivity index (χ3n) is 4.06. The number of thiophene rings is 1. The highest BCUT2D eigenvalue weighted by Crippen LogP contribution is 2.34. The Hall–Kier alpha value is 0.0900. The number of carbonyl (C=O) groups is 1. The Balaban J connectivity index is 1.87. The van der Waals surface area contributed by atoms with Crippen molar-refractivity contribution in [2.75, 3.05) is 6.54 Å². The first-order valence-electron chi connectivity index (χ1n) is 6.89. The Bertz CT molecular complexity index is 462. The average molecular weight is 425 g/mol. The molecule has 0 unspecified atom stereocenters. The molecule has 2 rings (SSSR count). The van der Waals surface area contributed by atoms with E-state index in [2.05, 4.69) is 44.1 Å². The van der Waals surface area contributed by atoms with Crippen LogP contribution < -0.4 is 5.32 Å². The van der Waals surface area contributed by atoms with Gasteiger partial charge in [-0.2, -0.15) is 0 Å². The molecule has 6 heteroatoms. The van der Waals surface area contributed by atoms with Crippen molar-refractivity contribution < 1.29 is 9.90 Å². The summed E-state index contributed by atoms with van der Waals surface area (Å²) >= 11 is 8.14. The van der Waals surface area contributed by atoms with Crippen molar-refractivity contribution in [2.24, 2.45) is 5.92 Å². The number of amides is 1. The highest BCUT2D eigenvalue weighted by Gasteiger charge is 2.33. The molecule has 3 nitrogen and oxygen atoms in total. The topological polar surface area (TPSA) is 49.3 Å². The van der Waals surface area contributed by atoms with E-state index in [0.717, 1.165) is 39.9 Å². The highest BCUT2D eigenvalue weighted by atomic mass is 79.9. The number of hydrogen-bond acceptors (Lipinski definition) is 3. The van der Waals surface area contributed by atoms with Crippen LogP contribution >= 0.6 is 43.2 Å². The molecule has 1 saturated carbocycles. The lowest BCUT2D eigenvalue weighted by molar-refractivity contribution is -0.00783. The van der Waals surface area contributed by atoms with Gasteiger partial charge in [-0.1, -0.05) is 13.3 Å². The summed E-state index contributed by atoms with van der Waals surface area (Å²) in [7, 11) is 0. The van der Waals surface area contributed by atoms with Crippen LogP contribution in [0.4, 0.5) is 0 Å². The molecule has 0 radical (unpaired) electrons. The molecule has 0 saturated heterocycles. The zero-order valence-electron chi connectivity index (χ0n) is 11.4. The van der Waals surface area contributed by atoms with E-state index in [1.807, 2.05) is 0 Å². The van der Waals surface area contributed by atoms with Crippen LogP contribution in [0.5, 0.6) is 0 Å². The minimum atomic E-state index is -0.729. The summed E-state index contributed by atoms with van der Waals surface area (Å²) in [6.45, 7) is 2.54. The molecule has 0 atom stereocenters. The van der Waals surface area contributed by atoms with Crippen molar-refractivity contribution in [3.05, 3.63) is 19.2 Å². The monoisotopic (exact) mass is 423 g/mol. The van der Waals surface area contributed by atoms with Gasteiger partial charge in [0.1, 0.15) is 0 Å². The first kappa shape index (κ1) is 16.5. The molecule has 1 aromatic rings. The molecule has 1 aliphatic carbocycles. The van der Waals surface area contributed by atoms with Gasteiger partial charge in [0.15, 0.2) is 0 Å². The molecule has 1 fully saturated rings. The molecule has 0 spiro atoms. The lowest BCUT2D eigenvalue weighted by Crippen LogP contribution is -2.45. The summed E-state index contributed by atoms with van der Waals surface area (Å²) in [6.07, 6.45) is 4.85. The van der Waals surface area contributed by atoms with Crippen LogP contribution in [0, 0.1) is 5.92 Å². The molecule has 0 aromatic carbocycles. The van der Waals surface area contributed by atoms with E-state index >= 15 is 0 Å². The number of halogens is 2. The zero-order chi connectivity index (χ0) is 14.8. The number of aliphatic hydroxyl groups is 1. The molecule has 0 bridgehead atoms. The van der Waals surface area contributed by atoms with Gasteiger partial charge in [-0.05, 0) is 69.5 Å². The van der Waals surface area contributed by atoms with Gasteiger partial charge < -0.3 is 10.4 Å². The number of carbonyl (C=O) groups excluding carboxylic acids is 1. The van der Waals surface area contributed by atoms with Crippen LogP contribution in [0.1, 0.15) is 48.7 Å². The largest absolute Gasteiger partial charge is 0.388 e. The normalized spacial score (nSPS) is 26.5. The van der Waals surface area contributed by atoms with Crippen molar-refractivity contribution in [3.8, 4) is 0 Å². The number of rotatable bonds is 4. The van der Waals surface area contributed by atoms with E-state index in [0.29, 0.717) is 11.4 Å². The summed E-state index contributed by atoms with van der Waals surface area (Å²) in [5.41, 5.74) is -0.729. The molecule has 112 valence electrons. The zero-order valence-corrected chi connectivity index (χ0v) is 15.4. The van der Waals surface area contributed by atoms with Crippen molar-refractivity contribution in [3.63, 3.8) is 0 Å². The van der Waals surface area contributed by atoms with Gasteiger partial charge in [0.2, 0.25) is 0 Å². The van der Waals surface area contributed by atoms with Gasteiger partial charge >= 0.3 is 0 Å². The Kier molecular flexibility index (Phi) is 5.68. The Labute approximate surface area is 140 Å². The predicted octanol–water partition coefficient (Wildman–Crippen LogP) is 4.33. The Morgan fingerprint density at radius 3 is 2.65 bits per heavy atom. The van der Waals surface area contributed by atoms with Crippen LogP contribution in [-0.4, -0.2) is 23.2 Å². The smallest absolute Gasteiger partial charge is 0.261 e. The fourth-order valence-electron chi connectivity index (χ4n) is 2.59. The van der Waals surface area contributed by atoms with E-state index in [9.17, 15) is 9.90 Å². The summed E-state index contributed by atoms with van der Waals surface area (Å²) in [6, 6.07) is 1.79. The number of hydrogen-bond donors (Lipinski definition) is 2. The third kappa shape index (κ3) is 4.06. The second kappa shape index (κ2) is 6.90. The summed E-state index contributed by atoms with van der Waals surface area (Å²) in [5.74, 6) is 0.614. The quantitative estimate of drug-likeness (QED) is 0.755. The molecular weight excluding hydrogens is 406 g/mol. The molecule has 2 N–H and O–H groups in total. The summed E-state index contributed by atoms with van der Waals surface area (Å²) in [5, 5.41) is 13.4. The first-order chi connectivity index (χ1) is 9.43. The van der Waals surface area contributed by atoms with Crippen LogP contribution in [0.3, 0.4) is 0 Å².